The monoisotopic (exact) mass is 383 g/mol. The molecule has 0 aromatic carbocycles. The number of hydrogen-bond acceptors (Lipinski definition) is 0. The van der Waals surface area contributed by atoms with Gasteiger partial charge in [-0.05, 0) is 12.8 Å². The van der Waals surface area contributed by atoms with Crippen LogP contribution in [-0.2, 0) is 0 Å². The minimum Gasteiger partial charge on any atom is -0.0845 e. The molecule has 0 atom stereocenters. The fourth-order valence-corrected chi connectivity index (χ4v) is 1.97. The fourth-order valence-electron chi connectivity index (χ4n) is 1.97. The Morgan fingerprint density at radius 1 is 0.414 bits per heavy atom. The van der Waals surface area contributed by atoms with Gasteiger partial charge in [-0.2, -0.15) is 0 Å². The van der Waals surface area contributed by atoms with E-state index in [-0.39, 0.29) is 0 Å². The first-order valence-corrected chi connectivity index (χ1v) is 10.3. The van der Waals surface area contributed by atoms with E-state index in [1.807, 2.05) is 109 Å². The van der Waals surface area contributed by atoms with E-state index in [2.05, 4.69) is 25.2 Å². The first kappa shape index (κ1) is 25.9. The van der Waals surface area contributed by atoms with Gasteiger partial charge in [-0.25, -0.2) is 0 Å². The molecular formula is C29H35. The van der Waals surface area contributed by atoms with Crippen molar-refractivity contribution >= 4 is 0 Å². The van der Waals surface area contributed by atoms with Crippen molar-refractivity contribution in [3.05, 3.63) is 146 Å². The predicted molar refractivity (Wildman–Crippen MR) is 134 cm³/mol. The molecule has 0 rings (SSSR count). The highest BCUT2D eigenvalue weighted by atomic mass is 13.9. The zero-order valence-electron chi connectivity index (χ0n) is 17.7. The summed E-state index contributed by atoms with van der Waals surface area (Å²) in [5.41, 5.74) is 0. The molecule has 0 heteroatoms. The minimum absolute atomic E-state index is 1.17. The number of unbranched alkanes of at least 4 members (excludes halogenated alkanes) is 3. The lowest BCUT2D eigenvalue weighted by molar-refractivity contribution is 0.729. The first-order chi connectivity index (χ1) is 14.4. The summed E-state index contributed by atoms with van der Waals surface area (Å²) < 4.78 is 0. The van der Waals surface area contributed by atoms with Crippen LogP contribution >= 0.6 is 0 Å². The summed E-state index contributed by atoms with van der Waals surface area (Å²) in [5, 5.41) is 0. The van der Waals surface area contributed by atoms with Gasteiger partial charge in [0, 0.05) is 0 Å². The van der Waals surface area contributed by atoms with E-state index in [0.29, 0.717) is 0 Å². The summed E-state index contributed by atoms with van der Waals surface area (Å²) in [7, 11) is 0. The fraction of sp³-hybridized carbons (Fsp3) is 0.172. The molecule has 0 aromatic rings. The normalized spacial score (nSPS) is 14.2. The molecule has 0 aliphatic rings. The second kappa shape index (κ2) is 24.9. The lowest BCUT2D eigenvalue weighted by Crippen LogP contribution is -1.69. The van der Waals surface area contributed by atoms with Crippen LogP contribution in [0.25, 0.3) is 0 Å². The molecular weight excluding hydrogens is 348 g/mol. The molecule has 151 valence electrons. The smallest absolute Gasteiger partial charge is 0.0348 e. The van der Waals surface area contributed by atoms with Crippen molar-refractivity contribution in [1.29, 1.82) is 0 Å². The van der Waals surface area contributed by atoms with Gasteiger partial charge in [0.25, 0.3) is 0 Å². The molecule has 29 heavy (non-hydrogen) atoms. The molecule has 0 bridgehead atoms. The third kappa shape index (κ3) is 24.9. The standard InChI is InChI=1S/C29H35/c1-3-5-7-9-11-13-15-17-19-21-23-25-27-29-28-26-24-22-20-18-16-14-12-10-8-6-4-2/h1,3,5,7,9,11-29H,4,6,8,10H2,2H3/b3-1?,7-5+,11-9+,14-12+,15-13+,18-16+,19-17+,22-20+,23-21+,26-24+,27-25+,29-28+. The van der Waals surface area contributed by atoms with Gasteiger partial charge in [0.2, 0.25) is 0 Å². The van der Waals surface area contributed by atoms with Gasteiger partial charge < -0.3 is 0 Å². The minimum atomic E-state index is 1.17. The molecule has 0 aromatic heterocycles. The number of allylic oxidation sites excluding steroid dienone is 23. The molecule has 0 amide bonds. The van der Waals surface area contributed by atoms with E-state index in [1.54, 1.807) is 6.08 Å². The second-order valence-electron chi connectivity index (χ2n) is 5.97. The molecule has 0 nitrogen and oxygen atoms in total. The van der Waals surface area contributed by atoms with Crippen LogP contribution in [0.1, 0.15) is 32.6 Å². The van der Waals surface area contributed by atoms with Gasteiger partial charge in [-0.1, -0.05) is 166 Å². The van der Waals surface area contributed by atoms with Crippen molar-refractivity contribution in [2.24, 2.45) is 0 Å². The second-order valence-corrected chi connectivity index (χ2v) is 5.97. The van der Waals surface area contributed by atoms with Crippen LogP contribution in [0, 0.1) is 6.58 Å². The van der Waals surface area contributed by atoms with E-state index >= 15 is 0 Å². The first-order valence-electron chi connectivity index (χ1n) is 10.3. The summed E-state index contributed by atoms with van der Waals surface area (Å²) in [5.74, 6) is 0. The van der Waals surface area contributed by atoms with Crippen LogP contribution in [0.15, 0.2) is 140 Å². The Balaban J connectivity index is 3.88. The van der Waals surface area contributed by atoms with Crippen molar-refractivity contribution in [1.82, 2.24) is 0 Å². The average molecular weight is 384 g/mol. The third-order valence-electron chi connectivity index (χ3n) is 3.44. The zero-order chi connectivity index (χ0) is 21.1. The van der Waals surface area contributed by atoms with Gasteiger partial charge in [0.05, 0.1) is 0 Å². The van der Waals surface area contributed by atoms with Crippen molar-refractivity contribution in [3.8, 4) is 0 Å². The Hall–Kier alpha value is -3.12. The highest BCUT2D eigenvalue weighted by Gasteiger charge is 1.79. The molecule has 0 N–H and O–H groups in total. The quantitative estimate of drug-likeness (QED) is 0.196. The average Bonchev–Trinajstić information content (AvgIpc) is 2.74. The molecule has 0 aliphatic heterocycles. The third-order valence-corrected chi connectivity index (χ3v) is 3.44. The summed E-state index contributed by atoms with van der Waals surface area (Å²) in [6, 6.07) is 0. The zero-order valence-corrected chi connectivity index (χ0v) is 17.7. The van der Waals surface area contributed by atoms with E-state index < -0.39 is 0 Å². The van der Waals surface area contributed by atoms with Crippen LogP contribution in [0.3, 0.4) is 0 Å². The van der Waals surface area contributed by atoms with Gasteiger partial charge in [0.15, 0.2) is 0 Å². The van der Waals surface area contributed by atoms with Crippen molar-refractivity contribution in [2.45, 2.75) is 32.6 Å². The molecule has 1 radical (unpaired) electrons. The Morgan fingerprint density at radius 3 is 1.03 bits per heavy atom. The predicted octanol–water partition coefficient (Wildman–Crippen LogP) is 8.67. The van der Waals surface area contributed by atoms with Crippen LogP contribution in [-0.4, -0.2) is 0 Å². The van der Waals surface area contributed by atoms with Gasteiger partial charge >= 0.3 is 0 Å². The van der Waals surface area contributed by atoms with Crippen molar-refractivity contribution in [3.63, 3.8) is 0 Å². The van der Waals surface area contributed by atoms with Gasteiger partial charge in [-0.15, -0.1) is 0 Å². The summed E-state index contributed by atoms with van der Waals surface area (Å²) >= 11 is 0. The van der Waals surface area contributed by atoms with Crippen LogP contribution in [0.4, 0.5) is 0 Å². The molecule has 0 unspecified atom stereocenters. The summed E-state index contributed by atoms with van der Waals surface area (Å²) in [6.45, 7) is 7.45. The highest BCUT2D eigenvalue weighted by Crippen LogP contribution is 1.99. The topological polar surface area (TPSA) is 0 Å². The summed E-state index contributed by atoms with van der Waals surface area (Å²) in [6.07, 6.45) is 50.5. The Kier molecular flexibility index (Phi) is 22.2. The molecule has 0 fully saturated rings. The van der Waals surface area contributed by atoms with Gasteiger partial charge in [0.1, 0.15) is 0 Å². The summed E-state index contributed by atoms with van der Waals surface area (Å²) in [4.78, 5) is 0. The van der Waals surface area contributed by atoms with E-state index in [4.69, 9.17) is 6.58 Å². The maximum absolute atomic E-state index is 5.22. The van der Waals surface area contributed by atoms with E-state index in [1.165, 1.54) is 31.8 Å². The SMILES string of the molecule is [CH]=C/C=C/C=C/C=C/C=C/C=C/C=C/C=C/C=C/C=C/C=C/C=C/CCCCC. The Bertz CT molecular complexity index is 692. The number of rotatable bonds is 15. The van der Waals surface area contributed by atoms with Crippen LogP contribution in [0.5, 0.6) is 0 Å². The van der Waals surface area contributed by atoms with Crippen molar-refractivity contribution < 1.29 is 0 Å². The lowest BCUT2D eigenvalue weighted by atomic mass is 10.2. The molecule has 0 spiro atoms. The highest BCUT2D eigenvalue weighted by molar-refractivity contribution is 5.23. The van der Waals surface area contributed by atoms with E-state index in [9.17, 15) is 0 Å². The lowest BCUT2D eigenvalue weighted by Gasteiger charge is -1.89. The Labute approximate surface area is 179 Å². The maximum Gasteiger partial charge on any atom is -0.0348 e. The molecule has 0 saturated carbocycles. The maximum atomic E-state index is 5.22. The molecule has 0 saturated heterocycles. The van der Waals surface area contributed by atoms with Crippen LogP contribution in [0.2, 0.25) is 0 Å². The van der Waals surface area contributed by atoms with Crippen molar-refractivity contribution in [2.75, 3.05) is 0 Å². The molecule has 0 aliphatic carbocycles. The van der Waals surface area contributed by atoms with E-state index in [0.717, 1.165) is 0 Å². The number of hydrogen-bond donors (Lipinski definition) is 0. The largest absolute Gasteiger partial charge is 0.0845 e. The van der Waals surface area contributed by atoms with Crippen LogP contribution < -0.4 is 0 Å². The van der Waals surface area contributed by atoms with Gasteiger partial charge in [-0.3, -0.25) is 0 Å². The Morgan fingerprint density at radius 2 is 0.724 bits per heavy atom. The molecule has 0 heterocycles.